The van der Waals surface area contributed by atoms with Crippen molar-refractivity contribution in [2.45, 2.75) is 9.79 Å². The van der Waals surface area contributed by atoms with Crippen molar-refractivity contribution in [2.24, 2.45) is 0 Å². The Labute approximate surface area is 160 Å². The maximum Gasteiger partial charge on any atom is 0.233 e. The Bertz CT molecular complexity index is 1400. The fourth-order valence-electron chi connectivity index (χ4n) is 3.26. The van der Waals surface area contributed by atoms with Crippen molar-refractivity contribution in [1.82, 2.24) is 9.97 Å². The van der Waals surface area contributed by atoms with E-state index in [1.807, 2.05) is 12.1 Å². The minimum atomic E-state index is -3.69. The Balaban J connectivity index is 1.73. The minimum absolute atomic E-state index is 0.127. The standard InChI is InChI=1S/C21H14N2O4S/c24-20-19(21-23-17-8-4-5-9-18(17)27-21)15-12-14(10-11-16(15)22-20)28(25,26)13-6-2-1-3-7-13/h1-12,22,24H. The van der Waals surface area contributed by atoms with E-state index >= 15 is 0 Å². The van der Waals surface area contributed by atoms with Gasteiger partial charge in [-0.3, -0.25) is 0 Å². The second-order valence-corrected chi connectivity index (χ2v) is 8.31. The molecule has 28 heavy (non-hydrogen) atoms. The quantitative estimate of drug-likeness (QED) is 0.472. The summed E-state index contributed by atoms with van der Waals surface area (Å²) in [4.78, 5) is 7.60. The number of aromatic amines is 1. The summed E-state index contributed by atoms with van der Waals surface area (Å²) in [7, 11) is -3.69. The first-order chi connectivity index (χ1) is 13.5. The van der Waals surface area contributed by atoms with Gasteiger partial charge >= 0.3 is 0 Å². The topological polar surface area (TPSA) is 96.2 Å². The summed E-state index contributed by atoms with van der Waals surface area (Å²) in [6.45, 7) is 0. The maximum atomic E-state index is 13.0. The zero-order chi connectivity index (χ0) is 19.3. The summed E-state index contributed by atoms with van der Waals surface area (Å²) in [5.41, 5.74) is 2.15. The summed E-state index contributed by atoms with van der Waals surface area (Å²) in [6, 6.07) is 20.1. The van der Waals surface area contributed by atoms with E-state index in [-0.39, 0.29) is 21.6 Å². The molecule has 0 saturated carbocycles. The van der Waals surface area contributed by atoms with E-state index in [1.54, 1.807) is 48.5 Å². The normalized spacial score (nSPS) is 12.0. The highest BCUT2D eigenvalue weighted by atomic mass is 32.2. The highest BCUT2D eigenvalue weighted by Crippen LogP contribution is 2.38. The molecule has 3 aromatic carbocycles. The molecular formula is C21H14N2O4S. The third-order valence-corrected chi connectivity index (χ3v) is 6.39. The molecule has 0 aliphatic rings. The minimum Gasteiger partial charge on any atom is -0.494 e. The van der Waals surface area contributed by atoms with Crippen molar-refractivity contribution >= 4 is 31.8 Å². The first-order valence-corrected chi connectivity index (χ1v) is 10.0. The van der Waals surface area contributed by atoms with Crippen molar-refractivity contribution in [3.63, 3.8) is 0 Å². The summed E-state index contributed by atoms with van der Waals surface area (Å²) in [6.07, 6.45) is 0. The number of aromatic nitrogens is 2. The number of aromatic hydroxyl groups is 1. The Morgan fingerprint density at radius 1 is 0.893 bits per heavy atom. The zero-order valence-corrected chi connectivity index (χ0v) is 15.3. The molecule has 0 saturated heterocycles. The van der Waals surface area contributed by atoms with E-state index in [1.165, 1.54) is 12.1 Å². The van der Waals surface area contributed by atoms with E-state index in [0.29, 0.717) is 27.6 Å². The third kappa shape index (κ3) is 2.48. The van der Waals surface area contributed by atoms with Gasteiger partial charge in [0.05, 0.1) is 9.79 Å². The lowest BCUT2D eigenvalue weighted by molar-refractivity contribution is 0.457. The molecule has 0 aliphatic carbocycles. The van der Waals surface area contributed by atoms with Crippen LogP contribution < -0.4 is 0 Å². The zero-order valence-electron chi connectivity index (χ0n) is 14.5. The molecule has 0 aliphatic heterocycles. The van der Waals surface area contributed by atoms with Crippen LogP contribution in [0.2, 0.25) is 0 Å². The third-order valence-electron chi connectivity index (χ3n) is 4.62. The Kier molecular flexibility index (Phi) is 3.53. The Hall–Kier alpha value is -3.58. The average molecular weight is 390 g/mol. The number of nitrogens with one attached hydrogen (secondary N) is 1. The Morgan fingerprint density at radius 2 is 1.64 bits per heavy atom. The smallest absolute Gasteiger partial charge is 0.233 e. The lowest BCUT2D eigenvalue weighted by Crippen LogP contribution is -2.01. The van der Waals surface area contributed by atoms with Crippen LogP contribution in [0.3, 0.4) is 0 Å². The molecule has 6 nitrogen and oxygen atoms in total. The van der Waals surface area contributed by atoms with E-state index in [4.69, 9.17) is 4.42 Å². The van der Waals surface area contributed by atoms with Crippen molar-refractivity contribution in [3.05, 3.63) is 72.8 Å². The molecule has 0 radical (unpaired) electrons. The van der Waals surface area contributed by atoms with Crippen LogP contribution in [-0.2, 0) is 9.84 Å². The van der Waals surface area contributed by atoms with Crippen LogP contribution in [0.4, 0.5) is 0 Å². The number of hydrogen-bond donors (Lipinski definition) is 2. The second-order valence-electron chi connectivity index (χ2n) is 6.36. The number of H-pyrrole nitrogens is 1. The number of rotatable bonds is 3. The fourth-order valence-corrected chi connectivity index (χ4v) is 4.56. The molecule has 138 valence electrons. The molecule has 7 heteroatoms. The molecule has 0 amide bonds. The van der Waals surface area contributed by atoms with Crippen LogP contribution in [-0.4, -0.2) is 23.5 Å². The summed E-state index contributed by atoms with van der Waals surface area (Å²) in [5, 5.41) is 10.9. The van der Waals surface area contributed by atoms with Crippen molar-refractivity contribution < 1.29 is 17.9 Å². The van der Waals surface area contributed by atoms with Gasteiger partial charge in [0, 0.05) is 10.9 Å². The SMILES string of the molecule is O=S(=O)(c1ccccc1)c1ccc2[nH]c(O)c(-c3nc4ccccc4o3)c2c1. The molecule has 0 bridgehead atoms. The number of nitrogens with zero attached hydrogens (tertiary/aromatic N) is 1. The van der Waals surface area contributed by atoms with Gasteiger partial charge in [0.25, 0.3) is 0 Å². The molecular weight excluding hydrogens is 376 g/mol. The monoisotopic (exact) mass is 390 g/mol. The second kappa shape index (κ2) is 5.97. The van der Waals surface area contributed by atoms with Gasteiger partial charge in [0.15, 0.2) is 5.58 Å². The maximum absolute atomic E-state index is 13.0. The van der Waals surface area contributed by atoms with Crippen LogP contribution in [0.5, 0.6) is 5.88 Å². The molecule has 2 N–H and O–H groups in total. The highest BCUT2D eigenvalue weighted by Gasteiger charge is 2.22. The largest absolute Gasteiger partial charge is 0.494 e. The molecule has 0 fully saturated rings. The predicted molar refractivity (Wildman–Crippen MR) is 105 cm³/mol. The van der Waals surface area contributed by atoms with E-state index in [9.17, 15) is 13.5 Å². The van der Waals surface area contributed by atoms with Gasteiger partial charge in [0.1, 0.15) is 11.1 Å². The fraction of sp³-hybridized carbons (Fsp3) is 0. The van der Waals surface area contributed by atoms with E-state index < -0.39 is 9.84 Å². The van der Waals surface area contributed by atoms with Crippen molar-refractivity contribution in [3.8, 4) is 17.3 Å². The summed E-state index contributed by atoms with van der Waals surface area (Å²) in [5.74, 6) is 0.0926. The van der Waals surface area contributed by atoms with Gasteiger partial charge in [-0.1, -0.05) is 30.3 Å². The molecule has 5 rings (SSSR count). The lowest BCUT2D eigenvalue weighted by atomic mass is 10.1. The highest BCUT2D eigenvalue weighted by molar-refractivity contribution is 7.91. The average Bonchev–Trinajstić information content (AvgIpc) is 3.27. The van der Waals surface area contributed by atoms with Gasteiger partial charge in [-0.05, 0) is 42.5 Å². The summed E-state index contributed by atoms with van der Waals surface area (Å²) < 4.78 is 31.7. The van der Waals surface area contributed by atoms with E-state index in [2.05, 4.69) is 9.97 Å². The van der Waals surface area contributed by atoms with Crippen LogP contribution in [0.1, 0.15) is 0 Å². The van der Waals surface area contributed by atoms with Crippen molar-refractivity contribution in [2.75, 3.05) is 0 Å². The van der Waals surface area contributed by atoms with Crippen LogP contribution in [0.25, 0.3) is 33.5 Å². The van der Waals surface area contributed by atoms with Gasteiger partial charge in [-0.25, -0.2) is 13.4 Å². The number of sulfone groups is 1. The molecule has 2 aromatic heterocycles. The molecule has 0 atom stereocenters. The van der Waals surface area contributed by atoms with Gasteiger partial charge in [-0.15, -0.1) is 0 Å². The Morgan fingerprint density at radius 3 is 2.43 bits per heavy atom. The van der Waals surface area contributed by atoms with Gasteiger partial charge in [-0.2, -0.15) is 0 Å². The number of benzene rings is 3. The van der Waals surface area contributed by atoms with Crippen LogP contribution >= 0.6 is 0 Å². The van der Waals surface area contributed by atoms with Crippen LogP contribution in [0, 0.1) is 0 Å². The molecule has 5 aromatic rings. The number of hydrogen-bond acceptors (Lipinski definition) is 5. The van der Waals surface area contributed by atoms with Gasteiger partial charge < -0.3 is 14.5 Å². The first kappa shape index (κ1) is 16.6. The first-order valence-electron chi connectivity index (χ1n) is 8.55. The number of oxazole rings is 1. The van der Waals surface area contributed by atoms with Crippen molar-refractivity contribution in [1.29, 1.82) is 0 Å². The molecule has 0 unspecified atom stereocenters. The predicted octanol–water partition coefficient (Wildman–Crippen LogP) is 4.51. The summed E-state index contributed by atoms with van der Waals surface area (Å²) >= 11 is 0. The molecule has 2 heterocycles. The molecule has 0 spiro atoms. The lowest BCUT2D eigenvalue weighted by Gasteiger charge is -2.05. The van der Waals surface area contributed by atoms with Gasteiger partial charge in [0.2, 0.25) is 21.6 Å². The van der Waals surface area contributed by atoms with Crippen LogP contribution in [0.15, 0.2) is 87.0 Å². The number of para-hydroxylation sites is 2. The van der Waals surface area contributed by atoms with E-state index in [0.717, 1.165) is 0 Å². The number of fused-ring (bicyclic) bond motifs is 2.